The van der Waals surface area contributed by atoms with Crippen molar-refractivity contribution < 1.29 is 21.9 Å². The van der Waals surface area contributed by atoms with Crippen molar-refractivity contribution in [2.24, 2.45) is 5.92 Å². The van der Waals surface area contributed by atoms with Crippen LogP contribution in [-0.4, -0.2) is 40.8 Å². The van der Waals surface area contributed by atoms with Crippen molar-refractivity contribution in [3.8, 4) is 0 Å². The Bertz CT molecular complexity index is 695. The first-order chi connectivity index (χ1) is 9.68. The normalized spacial score (nSPS) is 23.3. The first kappa shape index (κ1) is 16.4. The van der Waals surface area contributed by atoms with Crippen LogP contribution in [0.15, 0.2) is 34.1 Å². The largest absolute Gasteiger partial charge is 0.393 e. The molecule has 1 aliphatic carbocycles. The number of sulfone groups is 1. The van der Waals surface area contributed by atoms with E-state index in [0.29, 0.717) is 12.8 Å². The van der Waals surface area contributed by atoms with Crippen LogP contribution in [0.3, 0.4) is 0 Å². The van der Waals surface area contributed by atoms with Gasteiger partial charge in [0.25, 0.3) is 0 Å². The van der Waals surface area contributed by atoms with E-state index in [1.54, 1.807) is 0 Å². The summed E-state index contributed by atoms with van der Waals surface area (Å²) < 4.78 is 49.4. The summed E-state index contributed by atoms with van der Waals surface area (Å²) in [5.41, 5.74) is 0. The van der Waals surface area contributed by atoms with Gasteiger partial charge in [-0.25, -0.2) is 21.6 Å². The van der Waals surface area contributed by atoms with E-state index in [2.05, 4.69) is 4.72 Å². The molecular weight excluding hydrogens is 314 g/mol. The Labute approximate surface area is 125 Å². The molecule has 118 valence electrons. The van der Waals surface area contributed by atoms with Crippen molar-refractivity contribution >= 4 is 19.9 Å². The van der Waals surface area contributed by atoms with Crippen LogP contribution in [-0.2, 0) is 19.9 Å². The first-order valence-electron chi connectivity index (χ1n) is 6.66. The molecule has 1 aliphatic rings. The van der Waals surface area contributed by atoms with E-state index in [1.165, 1.54) is 24.3 Å². The van der Waals surface area contributed by atoms with Gasteiger partial charge in [0.05, 0.1) is 15.9 Å². The van der Waals surface area contributed by atoms with E-state index in [0.717, 1.165) is 12.7 Å². The number of sulfonamides is 1. The van der Waals surface area contributed by atoms with Gasteiger partial charge >= 0.3 is 0 Å². The quantitative estimate of drug-likeness (QED) is 0.818. The van der Waals surface area contributed by atoms with E-state index in [4.69, 9.17) is 0 Å². The number of aliphatic hydroxyl groups is 1. The summed E-state index contributed by atoms with van der Waals surface area (Å²) in [6.07, 6.45) is 2.84. The predicted octanol–water partition coefficient (Wildman–Crippen LogP) is 0.529. The maximum atomic E-state index is 12.1. The Morgan fingerprint density at radius 1 is 1.10 bits per heavy atom. The summed E-state index contributed by atoms with van der Waals surface area (Å²) in [7, 11) is -6.99. The molecule has 0 saturated heterocycles. The molecule has 1 fully saturated rings. The van der Waals surface area contributed by atoms with E-state index in [1.807, 2.05) is 0 Å². The molecule has 1 aromatic carbocycles. The van der Waals surface area contributed by atoms with Crippen molar-refractivity contribution in [2.75, 3.05) is 12.8 Å². The Hall–Kier alpha value is -0.960. The zero-order valence-electron chi connectivity index (χ0n) is 11.7. The number of hydrogen-bond donors (Lipinski definition) is 2. The molecule has 1 aromatic rings. The molecule has 0 aliphatic heterocycles. The van der Waals surface area contributed by atoms with Crippen molar-refractivity contribution in [1.82, 2.24) is 4.72 Å². The monoisotopic (exact) mass is 333 g/mol. The van der Waals surface area contributed by atoms with E-state index >= 15 is 0 Å². The average Bonchev–Trinajstić information content (AvgIpc) is 2.82. The summed E-state index contributed by atoms with van der Waals surface area (Å²) in [6.45, 7) is 0.285. The Morgan fingerprint density at radius 2 is 1.67 bits per heavy atom. The standard InChI is InChI=1S/C13H19NO5S2/c1-20(16,17)12-4-6-13(7-5-12)21(18,19)14-9-10-2-3-11(15)8-10/h4-7,10-11,14-15H,2-3,8-9H2,1H3. The smallest absolute Gasteiger partial charge is 0.240 e. The lowest BCUT2D eigenvalue weighted by Crippen LogP contribution is -2.28. The highest BCUT2D eigenvalue weighted by molar-refractivity contribution is 7.90. The zero-order chi connectivity index (χ0) is 15.7. The number of hydrogen-bond acceptors (Lipinski definition) is 5. The summed E-state index contributed by atoms with van der Waals surface area (Å²) in [5.74, 6) is 0.144. The minimum absolute atomic E-state index is 0.0356. The van der Waals surface area contributed by atoms with Crippen LogP contribution in [0.1, 0.15) is 19.3 Å². The van der Waals surface area contributed by atoms with Gasteiger partial charge in [-0.3, -0.25) is 0 Å². The van der Waals surface area contributed by atoms with Crippen LogP contribution in [0.25, 0.3) is 0 Å². The minimum atomic E-state index is -3.65. The summed E-state index contributed by atoms with van der Waals surface area (Å²) in [6, 6.07) is 5.12. The van der Waals surface area contributed by atoms with Crippen LogP contribution in [0, 0.1) is 5.92 Å². The van der Waals surface area contributed by atoms with E-state index in [9.17, 15) is 21.9 Å². The molecule has 2 unspecified atom stereocenters. The number of rotatable bonds is 5. The third-order valence-electron chi connectivity index (χ3n) is 3.64. The number of benzene rings is 1. The molecule has 0 bridgehead atoms. The third kappa shape index (κ3) is 4.26. The van der Waals surface area contributed by atoms with Crippen LogP contribution in [0.4, 0.5) is 0 Å². The van der Waals surface area contributed by atoms with Gasteiger partial charge in [-0.1, -0.05) is 0 Å². The maximum absolute atomic E-state index is 12.1. The molecule has 2 rings (SSSR count). The Balaban J connectivity index is 2.05. The van der Waals surface area contributed by atoms with Crippen LogP contribution >= 0.6 is 0 Å². The Kier molecular flexibility index (Phi) is 4.72. The molecule has 0 amide bonds. The van der Waals surface area contributed by atoms with Gasteiger partial charge in [-0.05, 0) is 49.4 Å². The molecule has 2 N–H and O–H groups in total. The molecule has 8 heteroatoms. The SMILES string of the molecule is CS(=O)(=O)c1ccc(S(=O)(=O)NCC2CCC(O)C2)cc1. The van der Waals surface area contributed by atoms with Gasteiger partial charge < -0.3 is 5.11 Å². The lowest BCUT2D eigenvalue weighted by atomic mass is 10.1. The van der Waals surface area contributed by atoms with Crippen LogP contribution in [0.2, 0.25) is 0 Å². The summed E-state index contributed by atoms with van der Waals surface area (Å²) >= 11 is 0. The molecule has 0 heterocycles. The third-order valence-corrected chi connectivity index (χ3v) is 6.21. The van der Waals surface area contributed by atoms with Crippen molar-refractivity contribution in [3.63, 3.8) is 0 Å². The fourth-order valence-corrected chi connectivity index (χ4v) is 4.16. The van der Waals surface area contributed by atoms with Crippen molar-refractivity contribution in [2.45, 2.75) is 35.2 Å². The zero-order valence-corrected chi connectivity index (χ0v) is 13.3. The fraction of sp³-hybridized carbons (Fsp3) is 0.538. The highest BCUT2D eigenvalue weighted by Gasteiger charge is 2.24. The van der Waals surface area contributed by atoms with Gasteiger partial charge in [0.2, 0.25) is 10.0 Å². The first-order valence-corrected chi connectivity index (χ1v) is 10.0. The molecule has 21 heavy (non-hydrogen) atoms. The Morgan fingerprint density at radius 3 is 2.14 bits per heavy atom. The summed E-state index contributed by atoms with van der Waals surface area (Å²) in [5, 5.41) is 9.42. The molecule has 0 spiro atoms. The lowest BCUT2D eigenvalue weighted by molar-refractivity contribution is 0.178. The molecule has 0 aromatic heterocycles. The molecule has 0 radical (unpaired) electrons. The van der Waals surface area contributed by atoms with E-state index in [-0.39, 0.29) is 28.4 Å². The highest BCUT2D eigenvalue weighted by atomic mass is 32.2. The van der Waals surface area contributed by atoms with Gasteiger partial charge in [-0.15, -0.1) is 0 Å². The predicted molar refractivity (Wildman–Crippen MR) is 78.1 cm³/mol. The van der Waals surface area contributed by atoms with Gasteiger partial charge in [-0.2, -0.15) is 0 Å². The molecule has 1 saturated carbocycles. The second-order valence-electron chi connectivity index (χ2n) is 5.43. The highest BCUT2D eigenvalue weighted by Crippen LogP contribution is 2.25. The summed E-state index contributed by atoms with van der Waals surface area (Å²) in [4.78, 5) is 0.119. The van der Waals surface area contributed by atoms with Gasteiger partial charge in [0.1, 0.15) is 0 Å². The molecule has 6 nitrogen and oxygen atoms in total. The van der Waals surface area contributed by atoms with Crippen LogP contribution in [0.5, 0.6) is 0 Å². The van der Waals surface area contributed by atoms with Crippen molar-refractivity contribution in [3.05, 3.63) is 24.3 Å². The second-order valence-corrected chi connectivity index (χ2v) is 9.21. The number of aliphatic hydroxyl groups excluding tert-OH is 1. The second kappa shape index (κ2) is 6.04. The maximum Gasteiger partial charge on any atom is 0.240 e. The lowest BCUT2D eigenvalue weighted by Gasteiger charge is -2.11. The molecule has 2 atom stereocenters. The van der Waals surface area contributed by atoms with Crippen LogP contribution < -0.4 is 4.72 Å². The topological polar surface area (TPSA) is 101 Å². The average molecular weight is 333 g/mol. The minimum Gasteiger partial charge on any atom is -0.393 e. The van der Waals surface area contributed by atoms with E-state index < -0.39 is 19.9 Å². The van der Waals surface area contributed by atoms with Gasteiger partial charge in [0, 0.05) is 12.8 Å². The fourth-order valence-electron chi connectivity index (χ4n) is 2.41. The van der Waals surface area contributed by atoms with Gasteiger partial charge in [0.15, 0.2) is 9.84 Å². The number of nitrogens with one attached hydrogen (secondary N) is 1. The van der Waals surface area contributed by atoms with Crippen molar-refractivity contribution in [1.29, 1.82) is 0 Å². The molecular formula is C13H19NO5S2.